The van der Waals surface area contributed by atoms with Crippen LogP contribution in [0.25, 0.3) is 0 Å². The van der Waals surface area contributed by atoms with Gasteiger partial charge < -0.3 is 9.84 Å². The van der Waals surface area contributed by atoms with Gasteiger partial charge in [0.05, 0.1) is 0 Å². The Labute approximate surface area is 131 Å². The molecule has 2 rings (SSSR count). The van der Waals surface area contributed by atoms with Crippen molar-refractivity contribution in [1.82, 2.24) is 4.90 Å². The van der Waals surface area contributed by atoms with E-state index in [1.54, 1.807) is 12.1 Å². The molecule has 0 spiro atoms. The molecule has 0 saturated heterocycles. The first-order chi connectivity index (χ1) is 10.6. The number of nitrogens with zero attached hydrogens (tertiary/aromatic N) is 1. The van der Waals surface area contributed by atoms with Gasteiger partial charge in [0, 0.05) is 25.7 Å². The highest BCUT2D eigenvalue weighted by Crippen LogP contribution is 2.20. The van der Waals surface area contributed by atoms with Crippen molar-refractivity contribution in [2.75, 3.05) is 26.2 Å². The lowest BCUT2D eigenvalue weighted by molar-refractivity contribution is 0.0701. The molecule has 1 aromatic rings. The average Bonchev–Trinajstić information content (AvgIpc) is 2.53. The SMILES string of the molecule is C=CC1=C(C=C)CN(CC(O)COc2cccc(F)c2)CC1. The number of hydrogen-bond donors (Lipinski definition) is 1. The molecule has 1 heterocycles. The molecule has 3 nitrogen and oxygen atoms in total. The van der Waals surface area contributed by atoms with E-state index in [1.165, 1.54) is 17.7 Å². The van der Waals surface area contributed by atoms with Gasteiger partial charge in [-0.15, -0.1) is 0 Å². The van der Waals surface area contributed by atoms with Crippen molar-refractivity contribution in [2.24, 2.45) is 0 Å². The monoisotopic (exact) mass is 303 g/mol. The van der Waals surface area contributed by atoms with Crippen molar-refractivity contribution in [3.05, 3.63) is 66.5 Å². The Balaban J connectivity index is 1.83. The lowest BCUT2D eigenvalue weighted by Gasteiger charge is -2.30. The quantitative estimate of drug-likeness (QED) is 0.840. The first-order valence-corrected chi connectivity index (χ1v) is 7.38. The maximum Gasteiger partial charge on any atom is 0.126 e. The van der Waals surface area contributed by atoms with Crippen LogP contribution in [0.3, 0.4) is 0 Å². The fourth-order valence-electron chi connectivity index (χ4n) is 2.55. The summed E-state index contributed by atoms with van der Waals surface area (Å²) in [6.45, 7) is 9.91. The van der Waals surface area contributed by atoms with Crippen LogP contribution in [-0.2, 0) is 0 Å². The van der Waals surface area contributed by atoms with E-state index in [4.69, 9.17) is 4.74 Å². The van der Waals surface area contributed by atoms with Gasteiger partial charge in [-0.25, -0.2) is 4.39 Å². The molecule has 1 aliphatic rings. The molecule has 0 aromatic heterocycles. The van der Waals surface area contributed by atoms with Crippen molar-refractivity contribution in [3.63, 3.8) is 0 Å². The van der Waals surface area contributed by atoms with Crippen molar-refractivity contribution < 1.29 is 14.2 Å². The zero-order chi connectivity index (χ0) is 15.9. The molecule has 4 heteroatoms. The molecule has 0 bridgehead atoms. The molecule has 22 heavy (non-hydrogen) atoms. The van der Waals surface area contributed by atoms with Crippen LogP contribution < -0.4 is 4.74 Å². The highest BCUT2D eigenvalue weighted by molar-refractivity contribution is 5.34. The number of hydrogen-bond acceptors (Lipinski definition) is 3. The van der Waals surface area contributed by atoms with Crippen LogP contribution in [0.4, 0.5) is 4.39 Å². The first kappa shape index (κ1) is 16.5. The minimum Gasteiger partial charge on any atom is -0.491 e. The molecule has 0 radical (unpaired) electrons. The van der Waals surface area contributed by atoms with E-state index in [9.17, 15) is 9.50 Å². The molecule has 1 aliphatic heterocycles. The minimum atomic E-state index is -0.625. The highest BCUT2D eigenvalue weighted by atomic mass is 19.1. The van der Waals surface area contributed by atoms with Gasteiger partial charge in [0.15, 0.2) is 0 Å². The third-order valence-electron chi connectivity index (χ3n) is 3.70. The first-order valence-electron chi connectivity index (χ1n) is 7.38. The summed E-state index contributed by atoms with van der Waals surface area (Å²) < 4.78 is 18.5. The van der Waals surface area contributed by atoms with Gasteiger partial charge in [-0.05, 0) is 29.7 Å². The zero-order valence-electron chi connectivity index (χ0n) is 12.7. The second-order valence-corrected chi connectivity index (χ2v) is 5.37. The zero-order valence-corrected chi connectivity index (χ0v) is 12.7. The number of aliphatic hydroxyl groups is 1. The predicted molar refractivity (Wildman–Crippen MR) is 86.4 cm³/mol. The standard InChI is InChI=1S/C18H22FNO2/c1-3-14-8-9-20(11-15(14)4-2)12-17(21)13-22-18-7-5-6-16(19)10-18/h3-7,10,17,21H,1-2,8-9,11-13H2. The van der Waals surface area contributed by atoms with E-state index in [1.807, 2.05) is 12.2 Å². The largest absolute Gasteiger partial charge is 0.491 e. The van der Waals surface area contributed by atoms with E-state index in [-0.39, 0.29) is 12.4 Å². The van der Waals surface area contributed by atoms with Crippen LogP contribution in [-0.4, -0.2) is 42.4 Å². The van der Waals surface area contributed by atoms with E-state index in [2.05, 4.69) is 18.1 Å². The fraction of sp³-hybridized carbons (Fsp3) is 0.333. The second kappa shape index (κ2) is 7.92. The maximum absolute atomic E-state index is 13.0. The van der Waals surface area contributed by atoms with Crippen LogP contribution >= 0.6 is 0 Å². The number of benzene rings is 1. The number of rotatable bonds is 7. The maximum atomic E-state index is 13.0. The van der Waals surface area contributed by atoms with Crippen molar-refractivity contribution >= 4 is 0 Å². The number of β-amino-alcohol motifs (C(OH)–C–C–N with tert-alkyl or cyclic N) is 1. The molecule has 0 aliphatic carbocycles. The third kappa shape index (κ3) is 4.55. The summed E-state index contributed by atoms with van der Waals surface area (Å²) in [4.78, 5) is 2.16. The van der Waals surface area contributed by atoms with Crippen molar-refractivity contribution in [3.8, 4) is 5.75 Å². The molecule has 118 valence electrons. The summed E-state index contributed by atoms with van der Waals surface area (Å²) in [5, 5.41) is 10.1. The Morgan fingerprint density at radius 2 is 2.09 bits per heavy atom. The highest BCUT2D eigenvalue weighted by Gasteiger charge is 2.18. The Bertz CT molecular complexity index is 568. The fourth-order valence-corrected chi connectivity index (χ4v) is 2.55. The van der Waals surface area contributed by atoms with Crippen LogP contribution in [0.15, 0.2) is 60.7 Å². The number of aliphatic hydroxyl groups excluding tert-OH is 1. The summed E-state index contributed by atoms with van der Waals surface area (Å²) in [6.07, 6.45) is 4.00. The Morgan fingerprint density at radius 3 is 2.77 bits per heavy atom. The van der Waals surface area contributed by atoms with Crippen LogP contribution in [0.5, 0.6) is 5.75 Å². The van der Waals surface area contributed by atoms with E-state index in [0.29, 0.717) is 12.3 Å². The lowest BCUT2D eigenvalue weighted by Crippen LogP contribution is -2.39. The average molecular weight is 303 g/mol. The van der Waals surface area contributed by atoms with E-state index >= 15 is 0 Å². The van der Waals surface area contributed by atoms with E-state index in [0.717, 1.165) is 25.1 Å². The van der Waals surface area contributed by atoms with Crippen LogP contribution in [0.2, 0.25) is 0 Å². The summed E-state index contributed by atoms with van der Waals surface area (Å²) in [5.74, 6) is 0.0825. The molecule has 0 saturated carbocycles. The lowest BCUT2D eigenvalue weighted by atomic mass is 10.00. The topological polar surface area (TPSA) is 32.7 Å². The van der Waals surface area contributed by atoms with Gasteiger partial charge >= 0.3 is 0 Å². The van der Waals surface area contributed by atoms with Gasteiger partial charge in [0.1, 0.15) is 24.3 Å². The number of halogens is 1. The van der Waals surface area contributed by atoms with Crippen molar-refractivity contribution in [2.45, 2.75) is 12.5 Å². The molecule has 1 N–H and O–H groups in total. The molecular weight excluding hydrogens is 281 g/mol. The summed E-state index contributed by atoms with van der Waals surface area (Å²) in [5.41, 5.74) is 2.37. The summed E-state index contributed by atoms with van der Waals surface area (Å²) in [7, 11) is 0. The van der Waals surface area contributed by atoms with Crippen LogP contribution in [0, 0.1) is 5.82 Å². The molecule has 1 atom stereocenters. The van der Waals surface area contributed by atoms with Gasteiger partial charge in [-0.3, -0.25) is 4.90 Å². The van der Waals surface area contributed by atoms with Crippen LogP contribution in [0.1, 0.15) is 6.42 Å². The third-order valence-corrected chi connectivity index (χ3v) is 3.70. The second-order valence-electron chi connectivity index (χ2n) is 5.37. The Kier molecular flexibility index (Phi) is 5.92. The van der Waals surface area contributed by atoms with Gasteiger partial charge in [0.2, 0.25) is 0 Å². The number of ether oxygens (including phenoxy) is 1. The number of allylic oxidation sites excluding steroid dienone is 1. The minimum absolute atomic E-state index is 0.140. The predicted octanol–water partition coefficient (Wildman–Crippen LogP) is 2.94. The molecule has 0 amide bonds. The normalized spacial score (nSPS) is 17.2. The Morgan fingerprint density at radius 1 is 1.32 bits per heavy atom. The molecule has 1 unspecified atom stereocenters. The van der Waals surface area contributed by atoms with Gasteiger partial charge in [-0.1, -0.05) is 31.4 Å². The van der Waals surface area contributed by atoms with Gasteiger partial charge in [0.25, 0.3) is 0 Å². The molecule has 0 fully saturated rings. The van der Waals surface area contributed by atoms with Crippen molar-refractivity contribution in [1.29, 1.82) is 0 Å². The Hall–Kier alpha value is -1.91. The molecule has 1 aromatic carbocycles. The summed E-state index contributed by atoms with van der Waals surface area (Å²) in [6, 6.07) is 5.92. The smallest absolute Gasteiger partial charge is 0.126 e. The molecular formula is C18H22FNO2. The van der Waals surface area contributed by atoms with Gasteiger partial charge in [-0.2, -0.15) is 0 Å². The summed E-state index contributed by atoms with van der Waals surface area (Å²) >= 11 is 0. The van der Waals surface area contributed by atoms with E-state index < -0.39 is 6.10 Å².